The highest BCUT2D eigenvalue weighted by Crippen LogP contribution is 2.63. The highest BCUT2D eigenvalue weighted by Gasteiger charge is 2.62. The first kappa shape index (κ1) is 12.8. The maximum atomic E-state index is 13.1. The molecule has 2 aromatic rings. The van der Waals surface area contributed by atoms with Gasteiger partial charge in [-0.05, 0) is 36.1 Å². The molecule has 1 aliphatic rings. The fourth-order valence-electron chi connectivity index (χ4n) is 2.69. The van der Waals surface area contributed by atoms with Crippen LogP contribution in [0, 0.1) is 35.4 Å². The van der Waals surface area contributed by atoms with Crippen LogP contribution >= 0.6 is 0 Å². The topological polar surface area (TPSA) is 62.7 Å². The number of nitriles is 1. The Bertz CT molecular complexity index is 714. The molecule has 20 heavy (non-hydrogen) atoms. The molecule has 0 saturated heterocycles. The molecule has 1 aromatic carbocycles. The molecular formula is C15H14FN3O. The predicted molar refractivity (Wildman–Crippen MR) is 70.1 cm³/mol. The van der Waals surface area contributed by atoms with Crippen molar-refractivity contribution in [3.05, 3.63) is 35.5 Å². The minimum Gasteiger partial charge on any atom is -0.339 e. The van der Waals surface area contributed by atoms with E-state index in [-0.39, 0.29) is 23.1 Å². The molecule has 1 saturated carbocycles. The number of hydrogen-bond acceptors (Lipinski definition) is 4. The molecule has 0 aliphatic heterocycles. The summed E-state index contributed by atoms with van der Waals surface area (Å²) in [5.74, 6) is 0.527. The molecule has 2 unspecified atom stereocenters. The number of rotatable bonds is 2. The number of aromatic nitrogens is 2. The highest BCUT2D eigenvalue weighted by atomic mass is 19.1. The van der Waals surface area contributed by atoms with E-state index in [1.807, 2.05) is 13.8 Å². The zero-order chi connectivity index (χ0) is 14.5. The normalized spacial score (nSPS) is 23.4. The van der Waals surface area contributed by atoms with Crippen molar-refractivity contribution in [2.45, 2.75) is 26.7 Å². The van der Waals surface area contributed by atoms with Gasteiger partial charge in [-0.2, -0.15) is 10.2 Å². The molecule has 4 nitrogen and oxygen atoms in total. The number of halogens is 1. The third-order valence-corrected chi connectivity index (χ3v) is 4.10. The van der Waals surface area contributed by atoms with Crippen LogP contribution in [-0.4, -0.2) is 10.1 Å². The van der Waals surface area contributed by atoms with Gasteiger partial charge in [-0.25, -0.2) is 4.39 Å². The quantitative estimate of drug-likeness (QED) is 0.839. The van der Waals surface area contributed by atoms with Gasteiger partial charge in [0.15, 0.2) is 0 Å². The third-order valence-electron chi connectivity index (χ3n) is 4.10. The van der Waals surface area contributed by atoms with E-state index >= 15 is 0 Å². The first-order chi connectivity index (χ1) is 9.45. The van der Waals surface area contributed by atoms with Crippen LogP contribution in [-0.2, 0) is 0 Å². The van der Waals surface area contributed by atoms with E-state index in [4.69, 9.17) is 9.78 Å². The van der Waals surface area contributed by atoms with Crippen molar-refractivity contribution in [2.24, 2.45) is 11.3 Å². The van der Waals surface area contributed by atoms with Gasteiger partial charge in [-0.3, -0.25) is 0 Å². The monoisotopic (exact) mass is 271 g/mol. The summed E-state index contributed by atoms with van der Waals surface area (Å²) in [7, 11) is 0. The molecule has 102 valence electrons. The molecular weight excluding hydrogens is 257 g/mol. The Labute approximate surface area is 116 Å². The zero-order valence-corrected chi connectivity index (χ0v) is 11.5. The summed E-state index contributed by atoms with van der Waals surface area (Å²) in [6.45, 7) is 5.82. The highest BCUT2D eigenvalue weighted by molar-refractivity contribution is 5.59. The largest absolute Gasteiger partial charge is 0.339 e. The van der Waals surface area contributed by atoms with Gasteiger partial charge < -0.3 is 4.52 Å². The fourth-order valence-corrected chi connectivity index (χ4v) is 2.69. The lowest BCUT2D eigenvalue weighted by Gasteiger charge is -1.99. The molecule has 3 rings (SSSR count). The van der Waals surface area contributed by atoms with E-state index in [9.17, 15) is 4.39 Å². The van der Waals surface area contributed by atoms with Gasteiger partial charge in [0.1, 0.15) is 5.82 Å². The Hall–Kier alpha value is -2.22. The molecule has 5 heteroatoms. The van der Waals surface area contributed by atoms with Gasteiger partial charge in [0, 0.05) is 5.56 Å². The van der Waals surface area contributed by atoms with Crippen molar-refractivity contribution in [3.8, 4) is 17.5 Å². The van der Waals surface area contributed by atoms with Crippen LogP contribution in [0.15, 0.2) is 22.7 Å². The van der Waals surface area contributed by atoms with Crippen molar-refractivity contribution >= 4 is 0 Å². The summed E-state index contributed by atoms with van der Waals surface area (Å²) in [5, 5.41) is 13.0. The van der Waals surface area contributed by atoms with Crippen LogP contribution < -0.4 is 0 Å². The zero-order valence-electron chi connectivity index (χ0n) is 11.5. The Balaban J connectivity index is 1.94. The second-order valence-corrected chi connectivity index (χ2v) is 5.82. The lowest BCUT2D eigenvalue weighted by Crippen LogP contribution is -1.91. The summed E-state index contributed by atoms with van der Waals surface area (Å²) < 4.78 is 18.4. The van der Waals surface area contributed by atoms with Crippen LogP contribution in [0.25, 0.3) is 11.4 Å². The minimum absolute atomic E-state index is 0.0190. The number of benzene rings is 1. The Morgan fingerprint density at radius 2 is 2.15 bits per heavy atom. The predicted octanol–water partition coefficient (Wildman–Crippen LogP) is 3.45. The molecule has 1 fully saturated rings. The van der Waals surface area contributed by atoms with E-state index < -0.39 is 0 Å². The fraction of sp³-hybridized carbons (Fsp3) is 0.400. The Morgan fingerprint density at radius 3 is 2.75 bits per heavy atom. The van der Waals surface area contributed by atoms with Gasteiger partial charge in [-0.15, -0.1) is 0 Å². The first-order valence-corrected chi connectivity index (χ1v) is 6.45. The maximum absolute atomic E-state index is 13.1. The third kappa shape index (κ3) is 1.80. The molecule has 2 atom stereocenters. The van der Waals surface area contributed by atoms with Crippen molar-refractivity contribution in [1.82, 2.24) is 10.1 Å². The van der Waals surface area contributed by atoms with Crippen LogP contribution in [0.1, 0.15) is 31.2 Å². The van der Waals surface area contributed by atoms with Gasteiger partial charge >= 0.3 is 0 Å². The summed E-state index contributed by atoms with van der Waals surface area (Å²) in [6, 6.07) is 6.71. The summed E-state index contributed by atoms with van der Waals surface area (Å²) in [4.78, 5) is 4.38. The molecule has 0 bridgehead atoms. The van der Waals surface area contributed by atoms with Crippen molar-refractivity contribution in [2.75, 3.05) is 0 Å². The number of aryl methyl sites for hydroxylation is 1. The average molecular weight is 271 g/mol. The van der Waals surface area contributed by atoms with Crippen LogP contribution in [0.3, 0.4) is 0 Å². The van der Waals surface area contributed by atoms with Gasteiger partial charge in [0.05, 0.1) is 17.9 Å². The average Bonchev–Trinajstić information content (AvgIpc) is 2.73. The van der Waals surface area contributed by atoms with E-state index in [2.05, 4.69) is 16.2 Å². The second kappa shape index (κ2) is 4.14. The van der Waals surface area contributed by atoms with E-state index in [0.29, 0.717) is 11.7 Å². The molecule has 0 spiro atoms. The lowest BCUT2D eigenvalue weighted by atomic mass is 10.1. The molecule has 0 radical (unpaired) electrons. The SMILES string of the molecule is Cc1cc(F)ccc1-c1noc(C2C(C#N)C2(C)C)n1. The summed E-state index contributed by atoms with van der Waals surface area (Å²) >= 11 is 0. The molecule has 1 aromatic heterocycles. The lowest BCUT2D eigenvalue weighted by molar-refractivity contribution is 0.368. The standard InChI is InChI=1S/C15H14FN3O/c1-8-6-9(16)4-5-10(8)13-18-14(20-19-13)12-11(7-17)15(12,2)3/h4-6,11-12H,1-3H3. The van der Waals surface area contributed by atoms with E-state index in [1.165, 1.54) is 12.1 Å². The second-order valence-electron chi connectivity index (χ2n) is 5.82. The maximum Gasteiger partial charge on any atom is 0.232 e. The minimum atomic E-state index is -0.289. The van der Waals surface area contributed by atoms with Crippen LogP contribution in [0.4, 0.5) is 4.39 Å². The van der Waals surface area contributed by atoms with Crippen LogP contribution in [0.2, 0.25) is 0 Å². The number of hydrogen-bond donors (Lipinski definition) is 0. The molecule has 0 amide bonds. The number of nitrogens with zero attached hydrogens (tertiary/aromatic N) is 3. The Kier molecular flexibility index (Phi) is 2.65. The first-order valence-electron chi connectivity index (χ1n) is 6.45. The smallest absolute Gasteiger partial charge is 0.232 e. The summed E-state index contributed by atoms with van der Waals surface area (Å²) in [6.07, 6.45) is 0. The van der Waals surface area contributed by atoms with Gasteiger partial charge in [0.25, 0.3) is 0 Å². The van der Waals surface area contributed by atoms with E-state index in [0.717, 1.165) is 11.1 Å². The van der Waals surface area contributed by atoms with Crippen LogP contribution in [0.5, 0.6) is 0 Å². The summed E-state index contributed by atoms with van der Waals surface area (Å²) in [5.41, 5.74) is 1.37. The molecule has 0 N–H and O–H groups in total. The van der Waals surface area contributed by atoms with Crippen molar-refractivity contribution in [3.63, 3.8) is 0 Å². The van der Waals surface area contributed by atoms with Crippen molar-refractivity contribution < 1.29 is 8.91 Å². The van der Waals surface area contributed by atoms with Gasteiger partial charge in [-0.1, -0.05) is 19.0 Å². The van der Waals surface area contributed by atoms with Crippen molar-refractivity contribution in [1.29, 1.82) is 5.26 Å². The van der Waals surface area contributed by atoms with Gasteiger partial charge in [0.2, 0.25) is 11.7 Å². The Morgan fingerprint density at radius 1 is 1.40 bits per heavy atom. The molecule has 1 heterocycles. The molecule has 1 aliphatic carbocycles. The van der Waals surface area contributed by atoms with E-state index in [1.54, 1.807) is 13.0 Å².